The summed E-state index contributed by atoms with van der Waals surface area (Å²) >= 11 is 0. The summed E-state index contributed by atoms with van der Waals surface area (Å²) in [6.45, 7) is 14.3. The molecular formula is C82H160O17P2. The zero-order valence-corrected chi connectivity index (χ0v) is 68.3. The van der Waals surface area contributed by atoms with E-state index >= 15 is 0 Å². The van der Waals surface area contributed by atoms with Crippen molar-refractivity contribution in [1.29, 1.82) is 0 Å². The molecule has 101 heavy (non-hydrogen) atoms. The Labute approximate surface area is 619 Å². The first-order chi connectivity index (χ1) is 48.6. The lowest BCUT2D eigenvalue weighted by molar-refractivity contribution is -0.161. The van der Waals surface area contributed by atoms with Crippen molar-refractivity contribution in [2.24, 2.45) is 23.7 Å². The summed E-state index contributed by atoms with van der Waals surface area (Å²) in [4.78, 5) is 73.1. The third kappa shape index (κ3) is 74.7. The van der Waals surface area contributed by atoms with Crippen LogP contribution >= 0.6 is 15.6 Å². The molecule has 0 spiro atoms. The monoisotopic (exact) mass is 1480 g/mol. The van der Waals surface area contributed by atoms with Gasteiger partial charge in [-0.3, -0.25) is 37.3 Å². The van der Waals surface area contributed by atoms with Gasteiger partial charge in [-0.25, -0.2) is 9.13 Å². The van der Waals surface area contributed by atoms with Crippen molar-refractivity contribution in [2.75, 3.05) is 39.6 Å². The third-order valence-corrected chi connectivity index (χ3v) is 21.3. The largest absolute Gasteiger partial charge is 0.472 e. The molecule has 0 fully saturated rings. The molecule has 3 unspecified atom stereocenters. The molecular weight excluding hydrogens is 1320 g/mol. The molecule has 0 radical (unpaired) electrons. The number of carbonyl (C=O) groups is 4. The van der Waals surface area contributed by atoms with Crippen molar-refractivity contribution in [3.8, 4) is 0 Å². The fraction of sp³-hybridized carbons (Fsp3) is 0.951. The minimum absolute atomic E-state index is 0.105. The van der Waals surface area contributed by atoms with Crippen LogP contribution in [0, 0.1) is 23.7 Å². The first-order valence-electron chi connectivity index (χ1n) is 42.2. The number of esters is 4. The van der Waals surface area contributed by atoms with E-state index in [1.807, 2.05) is 0 Å². The average Bonchev–Trinajstić information content (AvgIpc) is 1.66. The van der Waals surface area contributed by atoms with Crippen molar-refractivity contribution < 1.29 is 80.2 Å². The van der Waals surface area contributed by atoms with Crippen molar-refractivity contribution in [3.05, 3.63) is 0 Å². The molecule has 3 N–H and O–H groups in total. The number of unbranched alkanes of at least 4 members (excludes halogenated alkanes) is 44. The number of ether oxygens (including phenoxy) is 4. The van der Waals surface area contributed by atoms with Gasteiger partial charge in [0.25, 0.3) is 0 Å². The van der Waals surface area contributed by atoms with Crippen molar-refractivity contribution in [2.45, 2.75) is 440 Å². The fourth-order valence-electron chi connectivity index (χ4n) is 12.6. The summed E-state index contributed by atoms with van der Waals surface area (Å²) in [6.07, 6.45) is 58.2. The topological polar surface area (TPSA) is 237 Å². The molecule has 0 bridgehead atoms. The quantitative estimate of drug-likeness (QED) is 0.0222. The van der Waals surface area contributed by atoms with Crippen LogP contribution in [-0.2, 0) is 65.4 Å². The molecule has 0 heterocycles. The highest BCUT2D eigenvalue weighted by atomic mass is 31.2. The summed E-state index contributed by atoms with van der Waals surface area (Å²) in [6, 6.07) is 0. The molecule has 0 aromatic rings. The van der Waals surface area contributed by atoms with E-state index in [1.54, 1.807) is 0 Å². The number of rotatable bonds is 79. The number of hydrogen-bond acceptors (Lipinski definition) is 15. The van der Waals surface area contributed by atoms with E-state index in [9.17, 15) is 43.2 Å². The van der Waals surface area contributed by atoms with Crippen molar-refractivity contribution >= 4 is 39.5 Å². The number of aliphatic hydroxyl groups excluding tert-OH is 1. The highest BCUT2D eigenvalue weighted by molar-refractivity contribution is 7.47. The second-order valence-corrected chi connectivity index (χ2v) is 34.1. The Morgan fingerprint density at radius 2 is 0.475 bits per heavy atom. The molecule has 0 aliphatic rings. The second kappa shape index (κ2) is 71.0. The Morgan fingerprint density at radius 3 is 0.703 bits per heavy atom. The van der Waals surface area contributed by atoms with Crippen LogP contribution in [-0.4, -0.2) is 96.7 Å². The third-order valence-electron chi connectivity index (χ3n) is 19.4. The first kappa shape index (κ1) is 99.1. The number of aliphatic hydroxyl groups is 1. The maximum Gasteiger partial charge on any atom is 0.472 e. The summed E-state index contributed by atoms with van der Waals surface area (Å²) in [7, 11) is -9.92. The SMILES string of the molecule is CCC(C)CCCCCCCCCCCCC(=O)O[C@H](COC(=O)CCCCCCCCCCC(C)C)COP(=O)(O)OC[C@H](O)COP(=O)(O)OC[C@@H](COC(=O)CCCCCCCCCCCCCCCCC(C)C)OC(=O)CCCCCCCCCCCCCCCCCCC(C)C. The lowest BCUT2D eigenvalue weighted by Crippen LogP contribution is -2.30. The lowest BCUT2D eigenvalue weighted by Gasteiger charge is -2.21. The lowest BCUT2D eigenvalue weighted by atomic mass is 9.99. The summed E-state index contributed by atoms with van der Waals surface area (Å²) in [5.74, 6) is 1.03. The van der Waals surface area contributed by atoms with Crippen LogP contribution in [0.4, 0.5) is 0 Å². The van der Waals surface area contributed by atoms with Gasteiger partial charge in [0.1, 0.15) is 19.3 Å². The number of phosphoric ester groups is 2. The van der Waals surface area contributed by atoms with Crippen molar-refractivity contribution in [3.63, 3.8) is 0 Å². The summed E-state index contributed by atoms with van der Waals surface area (Å²) < 4.78 is 68.8. The van der Waals surface area contributed by atoms with E-state index in [0.717, 1.165) is 114 Å². The van der Waals surface area contributed by atoms with Gasteiger partial charge in [-0.1, -0.05) is 370 Å². The predicted octanol–water partition coefficient (Wildman–Crippen LogP) is 24.4. The Kier molecular flexibility index (Phi) is 69.6. The molecule has 19 heteroatoms. The Morgan fingerprint density at radius 1 is 0.277 bits per heavy atom. The maximum absolute atomic E-state index is 13.1. The van der Waals surface area contributed by atoms with Crippen LogP contribution in [0.5, 0.6) is 0 Å². The van der Waals surface area contributed by atoms with E-state index in [-0.39, 0.29) is 25.7 Å². The number of carbonyl (C=O) groups excluding carboxylic acids is 4. The van der Waals surface area contributed by atoms with Crippen molar-refractivity contribution in [1.82, 2.24) is 0 Å². The van der Waals surface area contributed by atoms with Crippen LogP contribution in [0.2, 0.25) is 0 Å². The van der Waals surface area contributed by atoms with Gasteiger partial charge in [0.2, 0.25) is 0 Å². The van der Waals surface area contributed by atoms with E-state index in [4.69, 9.17) is 37.0 Å². The number of hydrogen-bond donors (Lipinski definition) is 3. The van der Waals surface area contributed by atoms with E-state index < -0.39 is 97.5 Å². The van der Waals surface area contributed by atoms with Gasteiger partial charge in [-0.2, -0.15) is 0 Å². The Balaban J connectivity index is 5.26. The summed E-state index contributed by atoms with van der Waals surface area (Å²) in [5.41, 5.74) is 0. The van der Waals surface area contributed by atoms with E-state index in [0.29, 0.717) is 25.7 Å². The van der Waals surface area contributed by atoms with E-state index in [1.165, 1.54) is 225 Å². The first-order valence-corrected chi connectivity index (χ1v) is 45.2. The van der Waals surface area contributed by atoms with Gasteiger partial charge >= 0.3 is 39.5 Å². The minimum Gasteiger partial charge on any atom is -0.462 e. The molecule has 0 amide bonds. The normalized spacial score (nSPS) is 14.3. The van der Waals surface area contributed by atoms with E-state index in [2.05, 4.69) is 55.4 Å². The molecule has 0 aliphatic carbocycles. The smallest absolute Gasteiger partial charge is 0.462 e. The molecule has 0 rings (SSSR count). The van der Waals surface area contributed by atoms with Gasteiger partial charge in [0.15, 0.2) is 12.2 Å². The van der Waals surface area contributed by atoms with Gasteiger partial charge in [-0.15, -0.1) is 0 Å². The molecule has 0 aromatic heterocycles. The highest BCUT2D eigenvalue weighted by Crippen LogP contribution is 2.45. The minimum atomic E-state index is -4.96. The van der Waals surface area contributed by atoms with Crippen LogP contribution in [0.15, 0.2) is 0 Å². The second-order valence-electron chi connectivity index (χ2n) is 31.2. The molecule has 0 saturated carbocycles. The molecule has 600 valence electrons. The Bertz CT molecular complexity index is 1970. The number of phosphoric acid groups is 2. The Hall–Kier alpha value is -1.94. The van der Waals surface area contributed by atoms with Gasteiger partial charge < -0.3 is 33.8 Å². The summed E-state index contributed by atoms with van der Waals surface area (Å²) in [5, 5.41) is 10.7. The molecule has 17 nitrogen and oxygen atoms in total. The zero-order chi connectivity index (χ0) is 74.6. The molecule has 0 aliphatic heterocycles. The predicted molar refractivity (Wildman–Crippen MR) is 414 cm³/mol. The van der Waals surface area contributed by atoms with Crippen LogP contribution < -0.4 is 0 Å². The van der Waals surface area contributed by atoms with Gasteiger partial charge in [0.05, 0.1) is 26.4 Å². The van der Waals surface area contributed by atoms with Gasteiger partial charge in [0, 0.05) is 25.7 Å². The zero-order valence-electron chi connectivity index (χ0n) is 66.5. The molecule has 0 saturated heterocycles. The highest BCUT2D eigenvalue weighted by Gasteiger charge is 2.30. The van der Waals surface area contributed by atoms with Crippen LogP contribution in [0.3, 0.4) is 0 Å². The fourth-order valence-corrected chi connectivity index (χ4v) is 14.2. The molecule has 6 atom stereocenters. The maximum atomic E-state index is 13.1. The van der Waals surface area contributed by atoms with Crippen LogP contribution in [0.1, 0.15) is 421 Å². The van der Waals surface area contributed by atoms with Gasteiger partial charge in [-0.05, 0) is 49.4 Å². The average molecular weight is 1480 g/mol. The standard InChI is InChI=1S/C82H160O17P2/c1-9-75(8)61-53-45-37-28-24-25-31-41-49-57-65-82(87)99-78(69-93-80(85)63-55-47-39-33-32-36-44-52-60-74(6)7)71-97-101(90,91)95-67-76(83)66-94-100(88,89)96-70-77(68-92-79(84)62-54-46-38-29-22-18-15-14-17-21-27-35-43-51-59-73(4)5)98-81(86)64-56-48-40-30-23-19-13-11-10-12-16-20-26-34-42-50-58-72(2)3/h72-78,83H,9-71H2,1-8H3,(H,88,89)(H,90,91)/t75?,76-,77-,78-/m1/s1. The van der Waals surface area contributed by atoms with Crippen LogP contribution in [0.25, 0.3) is 0 Å². The molecule has 0 aromatic carbocycles.